The van der Waals surface area contributed by atoms with Gasteiger partial charge in [-0.25, -0.2) is 13.8 Å². The van der Waals surface area contributed by atoms with Gasteiger partial charge in [0.15, 0.2) is 17.5 Å². The minimum Gasteiger partial charge on any atom is -0.473 e. The highest BCUT2D eigenvalue weighted by Gasteiger charge is 2.08. The molecule has 0 radical (unpaired) electrons. The summed E-state index contributed by atoms with van der Waals surface area (Å²) in [7, 11) is 0. The maximum Gasteiger partial charge on any atom is 0.217 e. The molecule has 24 heavy (non-hydrogen) atoms. The van der Waals surface area contributed by atoms with Crippen molar-refractivity contribution in [2.75, 3.05) is 0 Å². The van der Waals surface area contributed by atoms with E-state index in [1.54, 1.807) is 6.07 Å². The van der Waals surface area contributed by atoms with Crippen LogP contribution in [0.25, 0.3) is 11.4 Å². The van der Waals surface area contributed by atoms with Crippen LogP contribution in [0.4, 0.5) is 8.78 Å². The quantitative estimate of drug-likeness (QED) is 0.689. The molecule has 0 N–H and O–H groups in total. The van der Waals surface area contributed by atoms with Crippen LogP contribution in [-0.4, -0.2) is 9.97 Å². The van der Waals surface area contributed by atoms with Crippen LogP contribution >= 0.6 is 0 Å². The van der Waals surface area contributed by atoms with Crippen LogP contribution < -0.4 is 4.74 Å². The Bertz CT molecular complexity index is 838. The van der Waals surface area contributed by atoms with Crippen LogP contribution in [-0.2, 0) is 13.0 Å². The van der Waals surface area contributed by atoms with Gasteiger partial charge in [0.05, 0.1) is 0 Å². The number of halogens is 2. The van der Waals surface area contributed by atoms with E-state index in [4.69, 9.17) is 4.74 Å². The lowest BCUT2D eigenvalue weighted by Gasteiger charge is -2.09. The fourth-order valence-electron chi connectivity index (χ4n) is 2.23. The molecule has 0 amide bonds. The maximum absolute atomic E-state index is 13.3. The number of nitrogens with zero attached hydrogens (tertiary/aromatic N) is 2. The second-order valence-electron chi connectivity index (χ2n) is 5.28. The molecule has 1 heterocycles. The van der Waals surface area contributed by atoms with Crippen molar-refractivity contribution < 1.29 is 13.5 Å². The molecule has 3 nitrogen and oxygen atoms in total. The van der Waals surface area contributed by atoms with Gasteiger partial charge in [-0.15, -0.1) is 0 Å². The Morgan fingerprint density at radius 3 is 2.42 bits per heavy atom. The number of rotatable bonds is 5. The Morgan fingerprint density at radius 1 is 0.917 bits per heavy atom. The fourth-order valence-corrected chi connectivity index (χ4v) is 2.23. The summed E-state index contributed by atoms with van der Waals surface area (Å²) in [5.74, 6) is -0.779. The first-order valence-corrected chi connectivity index (χ1v) is 7.66. The van der Waals surface area contributed by atoms with Gasteiger partial charge in [-0.1, -0.05) is 43.3 Å². The van der Waals surface area contributed by atoms with Gasteiger partial charge in [-0.3, -0.25) is 0 Å². The van der Waals surface area contributed by atoms with E-state index in [0.717, 1.165) is 29.8 Å². The van der Waals surface area contributed by atoms with Gasteiger partial charge in [-0.05, 0) is 24.1 Å². The largest absolute Gasteiger partial charge is 0.473 e. The zero-order chi connectivity index (χ0) is 16.9. The Balaban J connectivity index is 1.83. The fraction of sp³-hybridized carbons (Fsp3) is 0.158. The minimum absolute atomic E-state index is 0.103. The highest BCUT2D eigenvalue weighted by molar-refractivity contribution is 5.55. The third-order valence-corrected chi connectivity index (χ3v) is 3.52. The minimum atomic E-state index is -0.891. The van der Waals surface area contributed by atoms with Crippen molar-refractivity contribution in [2.45, 2.75) is 20.0 Å². The highest BCUT2D eigenvalue weighted by Crippen LogP contribution is 2.20. The van der Waals surface area contributed by atoms with Crippen LogP contribution in [0.1, 0.15) is 18.2 Å². The van der Waals surface area contributed by atoms with Crippen LogP contribution in [0.15, 0.2) is 54.6 Å². The molecular weight excluding hydrogens is 310 g/mol. The molecule has 0 saturated heterocycles. The molecule has 3 aromatic rings. The number of ether oxygens (including phenoxy) is 1. The third kappa shape index (κ3) is 3.74. The molecule has 1 aromatic heterocycles. The molecule has 0 aliphatic rings. The Morgan fingerprint density at radius 2 is 1.71 bits per heavy atom. The molecule has 0 atom stereocenters. The molecule has 0 fully saturated rings. The van der Waals surface area contributed by atoms with E-state index in [0.29, 0.717) is 17.3 Å². The second kappa shape index (κ2) is 7.17. The first-order chi connectivity index (χ1) is 11.7. The second-order valence-corrected chi connectivity index (χ2v) is 5.28. The van der Waals surface area contributed by atoms with Crippen molar-refractivity contribution in [2.24, 2.45) is 0 Å². The van der Waals surface area contributed by atoms with E-state index in [-0.39, 0.29) is 6.61 Å². The average Bonchev–Trinajstić information content (AvgIpc) is 2.63. The average molecular weight is 326 g/mol. The first kappa shape index (κ1) is 16.1. The van der Waals surface area contributed by atoms with Crippen molar-refractivity contribution in [1.29, 1.82) is 0 Å². The van der Waals surface area contributed by atoms with Gasteiger partial charge in [0.1, 0.15) is 6.61 Å². The first-order valence-electron chi connectivity index (χ1n) is 7.66. The van der Waals surface area contributed by atoms with Gasteiger partial charge in [-0.2, -0.15) is 4.98 Å². The molecule has 0 saturated carbocycles. The van der Waals surface area contributed by atoms with E-state index in [1.165, 1.54) is 6.07 Å². The number of aryl methyl sites for hydroxylation is 1. The molecule has 0 bridgehead atoms. The van der Waals surface area contributed by atoms with Crippen LogP contribution in [0.3, 0.4) is 0 Å². The van der Waals surface area contributed by atoms with Crippen molar-refractivity contribution >= 4 is 0 Å². The SMILES string of the molecule is CCc1cc(OCc2ccc(F)c(F)c2)nc(-c2ccccc2)n1. The molecule has 0 unspecified atom stereocenters. The normalized spacial score (nSPS) is 10.6. The summed E-state index contributed by atoms with van der Waals surface area (Å²) in [6.07, 6.45) is 0.740. The topological polar surface area (TPSA) is 35.0 Å². The predicted octanol–water partition coefficient (Wildman–Crippen LogP) is 4.56. The van der Waals surface area contributed by atoms with E-state index in [2.05, 4.69) is 9.97 Å². The van der Waals surface area contributed by atoms with Gasteiger partial charge in [0.2, 0.25) is 5.88 Å². The Hall–Kier alpha value is -2.82. The molecule has 2 aromatic carbocycles. The lowest BCUT2D eigenvalue weighted by Crippen LogP contribution is -2.02. The molecule has 0 spiro atoms. The van der Waals surface area contributed by atoms with Crippen LogP contribution in [0.5, 0.6) is 5.88 Å². The smallest absolute Gasteiger partial charge is 0.217 e. The van der Waals surface area contributed by atoms with Crippen molar-refractivity contribution in [3.05, 3.63) is 77.5 Å². The third-order valence-electron chi connectivity index (χ3n) is 3.52. The predicted molar refractivity (Wildman–Crippen MR) is 87.5 cm³/mol. The number of hydrogen-bond donors (Lipinski definition) is 0. The van der Waals surface area contributed by atoms with Crippen molar-refractivity contribution in [3.63, 3.8) is 0 Å². The number of aromatic nitrogens is 2. The van der Waals surface area contributed by atoms with E-state index in [1.807, 2.05) is 37.3 Å². The standard InChI is InChI=1S/C19H16F2N2O/c1-2-15-11-18(23-19(22-15)14-6-4-3-5-7-14)24-12-13-8-9-16(20)17(21)10-13/h3-11H,2,12H2,1H3. The summed E-state index contributed by atoms with van der Waals surface area (Å²) in [4.78, 5) is 8.91. The summed E-state index contributed by atoms with van der Waals surface area (Å²) in [6, 6.07) is 15.1. The highest BCUT2D eigenvalue weighted by atomic mass is 19.2. The summed E-state index contributed by atoms with van der Waals surface area (Å²) in [6.45, 7) is 2.10. The molecule has 0 aliphatic heterocycles. The Kier molecular flexibility index (Phi) is 4.79. The lowest BCUT2D eigenvalue weighted by atomic mass is 10.2. The maximum atomic E-state index is 13.3. The summed E-state index contributed by atoms with van der Waals surface area (Å²) in [5.41, 5.74) is 2.28. The zero-order valence-electron chi connectivity index (χ0n) is 13.2. The van der Waals surface area contributed by atoms with Crippen molar-refractivity contribution in [3.8, 4) is 17.3 Å². The summed E-state index contributed by atoms with van der Waals surface area (Å²) < 4.78 is 31.9. The van der Waals surface area contributed by atoms with Gasteiger partial charge < -0.3 is 4.74 Å². The molecular formula is C19H16F2N2O. The van der Waals surface area contributed by atoms with E-state index >= 15 is 0 Å². The van der Waals surface area contributed by atoms with Crippen LogP contribution in [0.2, 0.25) is 0 Å². The van der Waals surface area contributed by atoms with E-state index in [9.17, 15) is 8.78 Å². The lowest BCUT2D eigenvalue weighted by molar-refractivity contribution is 0.292. The van der Waals surface area contributed by atoms with E-state index < -0.39 is 11.6 Å². The van der Waals surface area contributed by atoms with Crippen LogP contribution in [0, 0.1) is 11.6 Å². The molecule has 0 aliphatic carbocycles. The Labute approximate surface area is 139 Å². The zero-order valence-corrected chi connectivity index (χ0v) is 13.2. The summed E-state index contributed by atoms with van der Waals surface area (Å²) in [5, 5.41) is 0. The number of benzene rings is 2. The molecule has 122 valence electrons. The van der Waals surface area contributed by atoms with Gasteiger partial charge >= 0.3 is 0 Å². The molecule has 3 rings (SSSR count). The molecule has 5 heteroatoms. The van der Waals surface area contributed by atoms with Gasteiger partial charge in [0.25, 0.3) is 0 Å². The monoisotopic (exact) mass is 326 g/mol. The number of hydrogen-bond acceptors (Lipinski definition) is 3. The van der Waals surface area contributed by atoms with Gasteiger partial charge in [0, 0.05) is 17.3 Å². The van der Waals surface area contributed by atoms with Crippen molar-refractivity contribution in [1.82, 2.24) is 9.97 Å². The summed E-state index contributed by atoms with van der Waals surface area (Å²) >= 11 is 0.